The fourth-order valence-corrected chi connectivity index (χ4v) is 6.59. The number of carboxylic acids is 1. The number of aromatic carboxylic acids is 1. The molecule has 292 valence electrons. The molecule has 0 fully saturated rings. The van der Waals surface area contributed by atoms with Crippen molar-refractivity contribution in [1.82, 2.24) is 19.6 Å². The topological polar surface area (TPSA) is 193 Å². The Kier molecular flexibility index (Phi) is 12.4. The second kappa shape index (κ2) is 16.8. The van der Waals surface area contributed by atoms with Crippen LogP contribution in [0.15, 0.2) is 79.0 Å². The molecule has 19 heteroatoms. The van der Waals surface area contributed by atoms with E-state index < -0.39 is 47.7 Å². The summed E-state index contributed by atoms with van der Waals surface area (Å²) in [5, 5.41) is 21.5. The minimum absolute atomic E-state index is 0.0318. The van der Waals surface area contributed by atoms with Gasteiger partial charge in [-0.3, -0.25) is 14.2 Å². The highest BCUT2D eigenvalue weighted by Crippen LogP contribution is 2.38. The highest BCUT2D eigenvalue weighted by molar-refractivity contribution is 7.93. The molecule has 0 bridgehead atoms. The highest BCUT2D eigenvalue weighted by atomic mass is 32.2. The van der Waals surface area contributed by atoms with Crippen LogP contribution >= 0.6 is 0 Å². The summed E-state index contributed by atoms with van der Waals surface area (Å²) in [6.45, 7) is 8.77. The van der Waals surface area contributed by atoms with Crippen LogP contribution in [0.2, 0.25) is 25.7 Å². The number of nitrogens with zero attached hydrogens (tertiary/aromatic N) is 4. The quantitative estimate of drug-likeness (QED) is 0.0536. The van der Waals surface area contributed by atoms with Crippen molar-refractivity contribution in [1.29, 1.82) is 0 Å². The number of anilines is 3. The van der Waals surface area contributed by atoms with Gasteiger partial charge in [0.15, 0.2) is 5.82 Å². The Balaban J connectivity index is 1.54. The second-order valence-electron chi connectivity index (χ2n) is 13.7. The van der Waals surface area contributed by atoms with Gasteiger partial charge < -0.3 is 25.6 Å². The van der Waals surface area contributed by atoms with E-state index in [1.807, 2.05) is 4.72 Å². The van der Waals surface area contributed by atoms with E-state index in [4.69, 9.17) is 15.2 Å². The molecule has 5 rings (SSSR count). The summed E-state index contributed by atoms with van der Waals surface area (Å²) < 4.78 is 81.7. The number of carbonyl (C=O) groups excluding carboxylic acids is 1. The minimum atomic E-state index is -5.13. The Bertz CT molecular complexity index is 2260. The van der Waals surface area contributed by atoms with Crippen LogP contribution in [0.25, 0.3) is 11.3 Å². The van der Waals surface area contributed by atoms with Crippen molar-refractivity contribution < 1.29 is 45.8 Å². The third-order valence-corrected chi connectivity index (χ3v) is 10.9. The van der Waals surface area contributed by atoms with Crippen LogP contribution in [-0.4, -0.2) is 65.4 Å². The van der Waals surface area contributed by atoms with E-state index in [-0.39, 0.29) is 46.4 Å². The Labute approximate surface area is 316 Å². The zero-order valence-electron chi connectivity index (χ0n) is 30.3. The Morgan fingerprint density at radius 1 is 1.00 bits per heavy atom. The molecular weight excluding hydrogens is 760 g/mol. The molecule has 14 nitrogen and oxygen atoms in total. The van der Waals surface area contributed by atoms with Crippen molar-refractivity contribution in [2.75, 3.05) is 16.6 Å². The van der Waals surface area contributed by atoms with Gasteiger partial charge in [-0.25, -0.2) is 22.3 Å². The maximum absolute atomic E-state index is 13.6. The molecule has 5 N–H and O–H groups in total. The number of nitrogens with two attached hydrogens (primary N) is 1. The van der Waals surface area contributed by atoms with Gasteiger partial charge in [-0.1, -0.05) is 50.0 Å². The predicted octanol–water partition coefficient (Wildman–Crippen LogP) is 6.89. The van der Waals surface area contributed by atoms with E-state index >= 15 is 0 Å². The maximum Gasteiger partial charge on any atom is 0.355 e. The number of hydrogen-bond acceptors (Lipinski definition) is 9. The van der Waals surface area contributed by atoms with Crippen LogP contribution in [0, 0.1) is 5.82 Å². The first kappa shape index (κ1) is 40.5. The van der Waals surface area contributed by atoms with Crippen LogP contribution in [0.5, 0.6) is 5.75 Å². The SMILES string of the molecule is C[C@H](Oc1cc(-c2nn(COCC[Si](C)(C)C)c(Nc3ccn(Cc4ccc(C(=O)O)cc4)n3)c2C(N)=O)ccc1NS(=O)(=O)C(F)F)c1ccc(F)cc1. The molecule has 5 aromatic rings. The Morgan fingerprint density at radius 3 is 2.31 bits per heavy atom. The number of benzene rings is 3. The van der Waals surface area contributed by atoms with Gasteiger partial charge >= 0.3 is 11.7 Å². The average molecular weight is 800 g/mol. The van der Waals surface area contributed by atoms with Crippen molar-refractivity contribution in [3.8, 4) is 17.0 Å². The number of aromatic nitrogens is 4. The summed E-state index contributed by atoms with van der Waals surface area (Å²) in [6.07, 6.45) is 0.857. The number of nitrogens with one attached hydrogen (secondary N) is 2. The van der Waals surface area contributed by atoms with Gasteiger partial charge in [-0.05, 0) is 60.5 Å². The molecule has 0 aliphatic carbocycles. The number of ether oxygens (including phenoxy) is 2. The Hall–Kier alpha value is -5.66. The first-order valence-electron chi connectivity index (χ1n) is 16.9. The van der Waals surface area contributed by atoms with Crippen LogP contribution in [0.3, 0.4) is 0 Å². The monoisotopic (exact) mass is 799 g/mol. The molecule has 0 unspecified atom stereocenters. The van der Waals surface area contributed by atoms with E-state index in [1.165, 1.54) is 59.3 Å². The van der Waals surface area contributed by atoms with Crippen LogP contribution in [0.4, 0.5) is 30.5 Å². The lowest BCUT2D eigenvalue weighted by Crippen LogP contribution is -2.22. The van der Waals surface area contributed by atoms with Gasteiger partial charge in [0, 0.05) is 32.5 Å². The molecular formula is C36H40F3N7O7SSi. The number of primary amides is 1. The summed E-state index contributed by atoms with van der Waals surface area (Å²) >= 11 is 0. The molecule has 55 heavy (non-hydrogen) atoms. The van der Waals surface area contributed by atoms with E-state index in [0.29, 0.717) is 24.5 Å². The molecule has 0 saturated carbocycles. The van der Waals surface area contributed by atoms with Crippen molar-refractivity contribution >= 4 is 47.3 Å². The van der Waals surface area contributed by atoms with E-state index in [2.05, 4.69) is 35.2 Å². The van der Waals surface area contributed by atoms with E-state index in [1.54, 1.807) is 36.0 Å². The van der Waals surface area contributed by atoms with Gasteiger partial charge in [0.2, 0.25) is 0 Å². The van der Waals surface area contributed by atoms with Crippen molar-refractivity contribution in [3.05, 3.63) is 107 Å². The molecule has 3 aromatic carbocycles. The van der Waals surface area contributed by atoms with Crippen molar-refractivity contribution in [2.45, 2.75) is 57.7 Å². The molecule has 0 radical (unpaired) electrons. The standard InChI is InChI=1S/C36H40F3N7O7SSi/c1-22(24-9-12-27(37)13-10-24)53-29-19-26(11-14-28(29)44-54(50,51)36(38)39)32-31(33(40)47)34(46(43-32)21-52-17-18-55(2,3)4)41-30-15-16-45(42-30)20-23-5-7-25(8-6-23)35(48)49/h5-16,19,22,36,44H,17-18,20-21H2,1-4H3,(H2,40,47)(H,41,42)(H,48,49)/t22-/m0/s1. The largest absolute Gasteiger partial charge is 0.484 e. The summed E-state index contributed by atoms with van der Waals surface area (Å²) in [6, 6.07) is 18.0. The van der Waals surface area contributed by atoms with Gasteiger partial charge in [0.05, 0.1) is 17.8 Å². The summed E-state index contributed by atoms with van der Waals surface area (Å²) in [5.41, 5.74) is 7.20. The third kappa shape index (κ3) is 10.5. The number of halogens is 3. The van der Waals surface area contributed by atoms with Crippen LogP contribution < -0.4 is 20.5 Å². The summed E-state index contributed by atoms with van der Waals surface area (Å²) in [7, 11) is -6.60. The Morgan fingerprint density at radius 2 is 1.69 bits per heavy atom. The van der Waals surface area contributed by atoms with E-state index in [9.17, 15) is 36.3 Å². The fraction of sp³-hybridized carbons (Fsp3) is 0.278. The molecule has 2 aromatic heterocycles. The number of carboxylic acid groups (broad SMARTS) is 1. The highest BCUT2D eigenvalue weighted by Gasteiger charge is 2.28. The lowest BCUT2D eigenvalue weighted by Gasteiger charge is -2.19. The molecule has 1 atom stereocenters. The van der Waals surface area contributed by atoms with Gasteiger partial charge in [-0.2, -0.15) is 19.0 Å². The first-order valence-corrected chi connectivity index (χ1v) is 22.1. The molecule has 0 saturated heterocycles. The first-order chi connectivity index (χ1) is 25.9. The van der Waals surface area contributed by atoms with Crippen molar-refractivity contribution in [3.63, 3.8) is 0 Å². The van der Waals surface area contributed by atoms with Gasteiger partial charge in [0.25, 0.3) is 15.9 Å². The number of sulfonamides is 1. The zero-order chi connectivity index (χ0) is 40.1. The van der Waals surface area contributed by atoms with Gasteiger partial charge in [0.1, 0.15) is 41.5 Å². The zero-order valence-corrected chi connectivity index (χ0v) is 32.1. The third-order valence-electron chi connectivity index (χ3n) is 8.23. The summed E-state index contributed by atoms with van der Waals surface area (Å²) in [5.74, 6) is -5.95. The minimum Gasteiger partial charge on any atom is -0.484 e. The number of rotatable bonds is 18. The summed E-state index contributed by atoms with van der Waals surface area (Å²) in [4.78, 5) is 24.4. The smallest absolute Gasteiger partial charge is 0.355 e. The second-order valence-corrected chi connectivity index (χ2v) is 21.0. The lowest BCUT2D eigenvalue weighted by atomic mass is 10.1. The van der Waals surface area contributed by atoms with E-state index in [0.717, 1.165) is 11.6 Å². The van der Waals surface area contributed by atoms with Crippen molar-refractivity contribution in [2.24, 2.45) is 5.73 Å². The molecule has 1 amide bonds. The molecule has 2 heterocycles. The number of alkyl halides is 2. The normalized spacial score (nSPS) is 12.4. The molecule has 0 aliphatic heterocycles. The van der Waals surface area contributed by atoms with Crippen LogP contribution in [-0.2, 0) is 28.0 Å². The lowest BCUT2D eigenvalue weighted by molar-refractivity contribution is 0.0696. The molecule has 0 aliphatic rings. The maximum atomic E-state index is 13.6. The van der Waals surface area contributed by atoms with Crippen LogP contribution in [0.1, 0.15) is 44.9 Å². The number of carbonyl (C=O) groups is 2. The predicted molar refractivity (Wildman–Crippen MR) is 202 cm³/mol. The van der Waals surface area contributed by atoms with Gasteiger partial charge in [-0.15, -0.1) is 0 Å². The number of hydrogen-bond donors (Lipinski definition) is 4. The number of amides is 1. The molecule has 0 spiro atoms. The fourth-order valence-electron chi connectivity index (χ4n) is 5.27. The average Bonchev–Trinajstić information content (AvgIpc) is 3.71.